The molecule has 0 spiro atoms. The smallest absolute Gasteiger partial charge is 0.303 e. The number of carboxylic acid groups (broad SMARTS) is 1. The molecule has 0 aliphatic carbocycles. The summed E-state index contributed by atoms with van der Waals surface area (Å²) >= 11 is 0. The first kappa shape index (κ1) is 15.5. The van der Waals surface area contributed by atoms with Gasteiger partial charge in [-0.25, -0.2) is 0 Å². The Labute approximate surface area is 112 Å². The minimum absolute atomic E-state index is 0.322. The summed E-state index contributed by atoms with van der Waals surface area (Å²) in [6.45, 7) is 6.90. The number of hydrogen-bond donors (Lipinski definition) is 1. The molecule has 1 N–H and O–H groups in total. The van der Waals surface area contributed by atoms with E-state index in [1.54, 1.807) is 0 Å². The molecule has 1 atom stereocenters. The summed E-state index contributed by atoms with van der Waals surface area (Å²) in [6, 6.07) is 0.734. The highest BCUT2D eigenvalue weighted by Gasteiger charge is 2.21. The van der Waals surface area contributed by atoms with Gasteiger partial charge in [-0.1, -0.05) is 26.7 Å². The summed E-state index contributed by atoms with van der Waals surface area (Å²) < 4.78 is 0. The van der Waals surface area contributed by atoms with E-state index < -0.39 is 5.97 Å². The molecule has 1 saturated heterocycles. The van der Waals surface area contributed by atoms with Gasteiger partial charge in [-0.2, -0.15) is 0 Å². The average molecular weight is 255 g/mol. The third kappa shape index (κ3) is 6.39. The van der Waals surface area contributed by atoms with Crippen molar-refractivity contribution in [1.82, 2.24) is 4.90 Å². The van der Waals surface area contributed by atoms with Gasteiger partial charge in [0.1, 0.15) is 0 Å². The number of carboxylic acids is 1. The second-order valence-electron chi connectivity index (χ2n) is 6.02. The Kier molecular flexibility index (Phi) is 7.33. The van der Waals surface area contributed by atoms with Crippen LogP contribution in [0.4, 0.5) is 0 Å². The number of likely N-dealkylation sites (tertiary alicyclic amines) is 1. The molecule has 0 aromatic rings. The maximum Gasteiger partial charge on any atom is 0.303 e. The Morgan fingerprint density at radius 1 is 1.28 bits per heavy atom. The highest BCUT2D eigenvalue weighted by atomic mass is 16.4. The van der Waals surface area contributed by atoms with Crippen molar-refractivity contribution in [2.75, 3.05) is 13.1 Å². The monoisotopic (exact) mass is 255 g/mol. The van der Waals surface area contributed by atoms with E-state index in [0.717, 1.165) is 31.3 Å². The van der Waals surface area contributed by atoms with Gasteiger partial charge in [0.25, 0.3) is 0 Å². The van der Waals surface area contributed by atoms with Crippen molar-refractivity contribution in [2.45, 2.75) is 71.3 Å². The van der Waals surface area contributed by atoms with Crippen molar-refractivity contribution in [1.29, 1.82) is 0 Å². The largest absolute Gasteiger partial charge is 0.481 e. The summed E-state index contributed by atoms with van der Waals surface area (Å²) in [5.41, 5.74) is 0. The Hall–Kier alpha value is -0.570. The molecule has 1 aliphatic heterocycles. The van der Waals surface area contributed by atoms with E-state index in [1.807, 2.05) is 0 Å². The lowest BCUT2D eigenvalue weighted by molar-refractivity contribution is -0.137. The first-order chi connectivity index (χ1) is 8.59. The van der Waals surface area contributed by atoms with E-state index in [4.69, 9.17) is 5.11 Å². The molecule has 1 fully saturated rings. The summed E-state index contributed by atoms with van der Waals surface area (Å²) in [5, 5.41) is 8.65. The molecule has 1 unspecified atom stereocenters. The third-order valence-corrected chi connectivity index (χ3v) is 3.83. The summed E-state index contributed by atoms with van der Waals surface area (Å²) in [6.07, 6.45) is 8.83. The van der Waals surface area contributed by atoms with Crippen LogP contribution in [0.2, 0.25) is 0 Å². The molecule has 0 amide bonds. The van der Waals surface area contributed by atoms with Crippen LogP contribution in [0, 0.1) is 5.92 Å². The fourth-order valence-corrected chi connectivity index (χ4v) is 2.93. The third-order valence-electron chi connectivity index (χ3n) is 3.83. The van der Waals surface area contributed by atoms with E-state index in [9.17, 15) is 4.79 Å². The molecule has 0 saturated carbocycles. The second-order valence-corrected chi connectivity index (χ2v) is 6.02. The lowest BCUT2D eigenvalue weighted by Crippen LogP contribution is -2.36. The molecular formula is C15H29NO2. The van der Waals surface area contributed by atoms with Gasteiger partial charge in [-0.3, -0.25) is 4.79 Å². The zero-order chi connectivity index (χ0) is 13.4. The Morgan fingerprint density at radius 2 is 2.06 bits per heavy atom. The summed E-state index contributed by atoms with van der Waals surface area (Å²) in [4.78, 5) is 13.1. The number of aliphatic carboxylic acids is 1. The Bertz CT molecular complexity index is 241. The molecule has 18 heavy (non-hydrogen) atoms. The quantitative estimate of drug-likeness (QED) is 0.707. The zero-order valence-corrected chi connectivity index (χ0v) is 12.0. The van der Waals surface area contributed by atoms with E-state index in [0.29, 0.717) is 6.42 Å². The molecule has 1 aliphatic rings. The number of unbranched alkanes of at least 4 members (excludes halogenated alkanes) is 1. The topological polar surface area (TPSA) is 40.5 Å². The van der Waals surface area contributed by atoms with Crippen molar-refractivity contribution >= 4 is 5.97 Å². The fraction of sp³-hybridized carbons (Fsp3) is 0.933. The normalized spacial score (nSPS) is 22.1. The molecule has 3 heteroatoms. The molecule has 0 radical (unpaired) electrons. The Morgan fingerprint density at radius 3 is 2.72 bits per heavy atom. The second kappa shape index (κ2) is 8.52. The summed E-state index contributed by atoms with van der Waals surface area (Å²) in [5.74, 6) is 0.0965. The first-order valence-electron chi connectivity index (χ1n) is 7.55. The molecule has 0 aromatic heterocycles. The van der Waals surface area contributed by atoms with Crippen molar-refractivity contribution in [2.24, 2.45) is 5.92 Å². The number of nitrogens with zero attached hydrogens (tertiary/aromatic N) is 1. The van der Waals surface area contributed by atoms with Gasteiger partial charge >= 0.3 is 5.97 Å². The lowest BCUT2D eigenvalue weighted by Gasteiger charge is -2.31. The molecule has 1 heterocycles. The van der Waals surface area contributed by atoms with E-state index in [1.165, 1.54) is 38.6 Å². The maximum atomic E-state index is 10.5. The van der Waals surface area contributed by atoms with Crippen molar-refractivity contribution in [3.05, 3.63) is 0 Å². The minimum Gasteiger partial charge on any atom is -0.481 e. The number of carbonyl (C=O) groups is 1. The SMILES string of the molecule is CC(C)CC1CCCCCN1CCCCC(=O)O. The van der Waals surface area contributed by atoms with E-state index >= 15 is 0 Å². The molecule has 3 nitrogen and oxygen atoms in total. The van der Waals surface area contributed by atoms with Crippen LogP contribution in [0.5, 0.6) is 0 Å². The predicted molar refractivity (Wildman–Crippen MR) is 74.8 cm³/mol. The highest BCUT2D eigenvalue weighted by molar-refractivity contribution is 5.66. The van der Waals surface area contributed by atoms with Gasteiger partial charge in [0, 0.05) is 12.5 Å². The fourth-order valence-electron chi connectivity index (χ4n) is 2.93. The molecule has 0 aromatic carbocycles. The van der Waals surface area contributed by atoms with Crippen LogP contribution in [-0.4, -0.2) is 35.1 Å². The average Bonchev–Trinajstić information content (AvgIpc) is 2.49. The van der Waals surface area contributed by atoms with Gasteiger partial charge in [0.05, 0.1) is 0 Å². The van der Waals surface area contributed by atoms with Crippen LogP contribution in [0.3, 0.4) is 0 Å². The van der Waals surface area contributed by atoms with Gasteiger partial charge < -0.3 is 10.0 Å². The summed E-state index contributed by atoms with van der Waals surface area (Å²) in [7, 11) is 0. The van der Waals surface area contributed by atoms with Crippen LogP contribution in [-0.2, 0) is 4.79 Å². The van der Waals surface area contributed by atoms with Crippen LogP contribution < -0.4 is 0 Å². The molecule has 1 rings (SSSR count). The van der Waals surface area contributed by atoms with Gasteiger partial charge in [0.15, 0.2) is 0 Å². The zero-order valence-electron chi connectivity index (χ0n) is 12.0. The van der Waals surface area contributed by atoms with Crippen LogP contribution in [0.15, 0.2) is 0 Å². The minimum atomic E-state index is -0.662. The Balaban J connectivity index is 2.34. The van der Waals surface area contributed by atoms with E-state index in [2.05, 4.69) is 18.7 Å². The van der Waals surface area contributed by atoms with Crippen molar-refractivity contribution in [3.63, 3.8) is 0 Å². The maximum absolute atomic E-state index is 10.5. The highest BCUT2D eigenvalue weighted by Crippen LogP contribution is 2.22. The molecule has 0 bridgehead atoms. The van der Waals surface area contributed by atoms with Crippen molar-refractivity contribution < 1.29 is 9.90 Å². The van der Waals surface area contributed by atoms with Crippen LogP contribution in [0.1, 0.15) is 65.2 Å². The van der Waals surface area contributed by atoms with Crippen LogP contribution >= 0.6 is 0 Å². The van der Waals surface area contributed by atoms with Gasteiger partial charge in [0.2, 0.25) is 0 Å². The lowest BCUT2D eigenvalue weighted by atomic mass is 9.98. The standard InChI is InChI=1S/C15H29NO2/c1-13(2)12-14-8-4-3-6-10-16(14)11-7-5-9-15(17)18/h13-14H,3-12H2,1-2H3,(H,17,18). The van der Waals surface area contributed by atoms with E-state index in [-0.39, 0.29) is 0 Å². The first-order valence-corrected chi connectivity index (χ1v) is 7.55. The molecule has 106 valence electrons. The molecular weight excluding hydrogens is 226 g/mol. The number of hydrogen-bond acceptors (Lipinski definition) is 2. The van der Waals surface area contributed by atoms with Crippen LogP contribution in [0.25, 0.3) is 0 Å². The van der Waals surface area contributed by atoms with Gasteiger partial charge in [-0.05, 0) is 51.1 Å². The van der Waals surface area contributed by atoms with Gasteiger partial charge in [-0.15, -0.1) is 0 Å². The number of rotatable bonds is 7. The predicted octanol–water partition coefficient (Wildman–Crippen LogP) is 3.53. The van der Waals surface area contributed by atoms with Crippen molar-refractivity contribution in [3.8, 4) is 0 Å².